The lowest BCUT2D eigenvalue weighted by molar-refractivity contribution is -0.384. The number of thioether (sulfide) groups is 1. The zero-order valence-corrected chi connectivity index (χ0v) is 16.3. The molecular weight excluding hydrogens is 380 g/mol. The highest BCUT2D eigenvalue weighted by molar-refractivity contribution is 8.27. The molecule has 0 saturated carbocycles. The first kappa shape index (κ1) is 19.0. The zero-order chi connectivity index (χ0) is 19.6. The highest BCUT2D eigenvalue weighted by Gasteiger charge is 2.33. The van der Waals surface area contributed by atoms with Crippen LogP contribution in [0.1, 0.15) is 16.7 Å². The van der Waals surface area contributed by atoms with E-state index in [-0.39, 0.29) is 11.6 Å². The third kappa shape index (κ3) is 4.32. The number of hydrogen-bond donors (Lipinski definition) is 0. The SMILES string of the molecule is Cc1cc(C)cc(N2C(=O)/C(=C\C=C\c3ccc([N+](=O)[O-])cc3)SC2=S)c1. The van der Waals surface area contributed by atoms with Crippen LogP contribution in [0.3, 0.4) is 0 Å². The smallest absolute Gasteiger partial charge is 0.268 e. The third-order valence-electron chi connectivity index (χ3n) is 3.90. The average Bonchev–Trinajstić information content (AvgIpc) is 2.88. The summed E-state index contributed by atoms with van der Waals surface area (Å²) < 4.78 is 0.500. The van der Waals surface area contributed by atoms with Crippen molar-refractivity contribution in [1.29, 1.82) is 0 Å². The van der Waals surface area contributed by atoms with E-state index in [0.717, 1.165) is 22.4 Å². The van der Waals surface area contributed by atoms with E-state index in [2.05, 4.69) is 0 Å². The molecule has 136 valence electrons. The number of carbonyl (C=O) groups is 1. The minimum atomic E-state index is -0.439. The Bertz CT molecular complexity index is 975. The van der Waals surface area contributed by atoms with Crippen molar-refractivity contribution in [2.75, 3.05) is 4.90 Å². The van der Waals surface area contributed by atoms with Gasteiger partial charge in [0.2, 0.25) is 0 Å². The molecule has 1 fully saturated rings. The summed E-state index contributed by atoms with van der Waals surface area (Å²) in [5.74, 6) is -0.150. The van der Waals surface area contributed by atoms with Gasteiger partial charge in [-0.15, -0.1) is 0 Å². The molecule has 0 unspecified atom stereocenters. The van der Waals surface area contributed by atoms with E-state index >= 15 is 0 Å². The highest BCUT2D eigenvalue weighted by atomic mass is 32.2. The van der Waals surface area contributed by atoms with Gasteiger partial charge in [0.15, 0.2) is 4.32 Å². The van der Waals surface area contributed by atoms with Crippen LogP contribution in [0.4, 0.5) is 11.4 Å². The molecule has 0 N–H and O–H groups in total. The van der Waals surface area contributed by atoms with Gasteiger partial charge in [0, 0.05) is 12.1 Å². The van der Waals surface area contributed by atoms with Crippen LogP contribution in [0.25, 0.3) is 6.08 Å². The van der Waals surface area contributed by atoms with Crippen molar-refractivity contribution < 1.29 is 9.72 Å². The average molecular weight is 396 g/mol. The number of nitro benzene ring substituents is 1. The van der Waals surface area contributed by atoms with Gasteiger partial charge in [-0.25, -0.2) is 0 Å². The first-order valence-electron chi connectivity index (χ1n) is 8.12. The second-order valence-corrected chi connectivity index (χ2v) is 7.77. The number of nitrogens with zero attached hydrogens (tertiary/aromatic N) is 2. The van der Waals surface area contributed by atoms with E-state index in [4.69, 9.17) is 12.2 Å². The number of rotatable bonds is 4. The summed E-state index contributed by atoms with van der Waals surface area (Å²) in [5.41, 5.74) is 3.77. The number of thiocarbonyl (C=S) groups is 1. The van der Waals surface area contributed by atoms with Crippen LogP contribution in [-0.2, 0) is 4.79 Å². The van der Waals surface area contributed by atoms with Crippen LogP contribution in [-0.4, -0.2) is 15.2 Å². The van der Waals surface area contributed by atoms with Gasteiger partial charge in [0.25, 0.3) is 11.6 Å². The monoisotopic (exact) mass is 396 g/mol. The van der Waals surface area contributed by atoms with Gasteiger partial charge in [0.05, 0.1) is 15.5 Å². The Morgan fingerprint density at radius 1 is 1.11 bits per heavy atom. The zero-order valence-electron chi connectivity index (χ0n) is 14.7. The topological polar surface area (TPSA) is 63.5 Å². The first-order chi connectivity index (χ1) is 12.8. The largest absolute Gasteiger partial charge is 0.270 e. The molecule has 2 aromatic rings. The Labute approximate surface area is 166 Å². The van der Waals surface area contributed by atoms with E-state index in [1.165, 1.54) is 23.9 Å². The summed E-state index contributed by atoms with van der Waals surface area (Å²) in [6.45, 7) is 3.97. The molecule has 1 aliphatic rings. The van der Waals surface area contributed by atoms with Crippen LogP contribution in [0, 0.1) is 24.0 Å². The number of carbonyl (C=O) groups excluding carboxylic acids is 1. The predicted octanol–water partition coefficient (Wildman–Crippen LogP) is 5.17. The molecule has 27 heavy (non-hydrogen) atoms. The fourth-order valence-corrected chi connectivity index (χ4v) is 3.99. The van der Waals surface area contributed by atoms with Gasteiger partial charge >= 0.3 is 0 Å². The molecule has 0 aliphatic carbocycles. The molecule has 0 atom stereocenters. The lowest BCUT2D eigenvalue weighted by Crippen LogP contribution is -2.27. The van der Waals surface area contributed by atoms with Crippen molar-refractivity contribution in [1.82, 2.24) is 0 Å². The van der Waals surface area contributed by atoms with Crippen LogP contribution >= 0.6 is 24.0 Å². The van der Waals surface area contributed by atoms with Gasteiger partial charge in [-0.2, -0.15) is 0 Å². The molecule has 0 radical (unpaired) electrons. The Kier molecular flexibility index (Phi) is 5.53. The number of amides is 1. The fraction of sp³-hybridized carbons (Fsp3) is 0.100. The molecule has 0 bridgehead atoms. The predicted molar refractivity (Wildman–Crippen MR) is 114 cm³/mol. The number of benzene rings is 2. The second kappa shape index (κ2) is 7.85. The Hall–Kier alpha value is -2.77. The minimum absolute atomic E-state index is 0.0430. The van der Waals surface area contributed by atoms with Crippen molar-refractivity contribution in [2.24, 2.45) is 0 Å². The molecule has 1 aliphatic heterocycles. The lowest BCUT2D eigenvalue weighted by atomic mass is 10.1. The fourth-order valence-electron chi connectivity index (χ4n) is 2.74. The summed E-state index contributed by atoms with van der Waals surface area (Å²) >= 11 is 6.64. The number of anilines is 1. The van der Waals surface area contributed by atoms with Crippen LogP contribution in [0.15, 0.2) is 59.5 Å². The van der Waals surface area contributed by atoms with Crippen molar-refractivity contribution in [3.63, 3.8) is 0 Å². The summed E-state index contributed by atoms with van der Waals surface area (Å²) in [6, 6.07) is 12.1. The van der Waals surface area contributed by atoms with Crippen molar-refractivity contribution in [3.05, 3.63) is 86.3 Å². The van der Waals surface area contributed by atoms with Crippen molar-refractivity contribution in [3.8, 4) is 0 Å². The minimum Gasteiger partial charge on any atom is -0.268 e. The molecule has 1 heterocycles. The molecule has 2 aromatic carbocycles. The Balaban J connectivity index is 1.78. The van der Waals surface area contributed by atoms with Crippen molar-refractivity contribution >= 4 is 51.7 Å². The molecular formula is C20H16N2O3S2. The van der Waals surface area contributed by atoms with Crippen LogP contribution in [0.2, 0.25) is 0 Å². The summed E-state index contributed by atoms with van der Waals surface area (Å²) in [7, 11) is 0. The summed E-state index contributed by atoms with van der Waals surface area (Å²) in [5, 5.41) is 10.7. The second-order valence-electron chi connectivity index (χ2n) is 6.09. The quantitative estimate of drug-likeness (QED) is 0.309. The maximum absolute atomic E-state index is 12.7. The molecule has 5 nitrogen and oxygen atoms in total. The van der Waals surface area contributed by atoms with Gasteiger partial charge in [-0.3, -0.25) is 19.8 Å². The van der Waals surface area contributed by atoms with E-state index in [0.29, 0.717) is 9.23 Å². The normalized spacial score (nSPS) is 15.9. The van der Waals surface area contributed by atoms with Gasteiger partial charge < -0.3 is 0 Å². The standard InChI is InChI=1S/C20H16N2O3S2/c1-13-10-14(2)12-17(11-13)21-19(23)18(27-20(21)26)5-3-4-15-6-8-16(9-7-15)22(24)25/h3-12H,1-2H3/b4-3+,18-5+. The highest BCUT2D eigenvalue weighted by Crippen LogP contribution is 2.35. The Morgan fingerprint density at radius 2 is 1.74 bits per heavy atom. The maximum atomic E-state index is 12.7. The van der Waals surface area contributed by atoms with E-state index in [1.807, 2.05) is 32.0 Å². The number of hydrogen-bond acceptors (Lipinski definition) is 5. The summed E-state index contributed by atoms with van der Waals surface area (Å²) in [6.07, 6.45) is 5.24. The van der Waals surface area contributed by atoms with Crippen molar-refractivity contribution in [2.45, 2.75) is 13.8 Å². The number of non-ortho nitro benzene ring substituents is 1. The van der Waals surface area contributed by atoms with Gasteiger partial charge in [-0.05, 0) is 60.9 Å². The maximum Gasteiger partial charge on any atom is 0.270 e. The summed E-state index contributed by atoms with van der Waals surface area (Å²) in [4.78, 5) is 25.1. The molecule has 3 rings (SSSR count). The first-order valence-corrected chi connectivity index (χ1v) is 9.35. The van der Waals surface area contributed by atoms with Crippen LogP contribution < -0.4 is 4.90 Å². The van der Waals surface area contributed by atoms with Crippen LogP contribution in [0.5, 0.6) is 0 Å². The molecule has 1 amide bonds. The Morgan fingerprint density at radius 3 is 2.33 bits per heavy atom. The number of nitro groups is 1. The van der Waals surface area contributed by atoms with E-state index < -0.39 is 4.92 Å². The molecule has 1 saturated heterocycles. The number of allylic oxidation sites excluding steroid dienone is 2. The van der Waals surface area contributed by atoms with Gasteiger partial charge in [0.1, 0.15) is 0 Å². The van der Waals surface area contributed by atoms with E-state index in [9.17, 15) is 14.9 Å². The third-order valence-corrected chi connectivity index (χ3v) is 5.22. The number of aryl methyl sites for hydroxylation is 2. The molecule has 0 spiro atoms. The lowest BCUT2D eigenvalue weighted by Gasteiger charge is -2.16. The molecule has 0 aromatic heterocycles. The van der Waals surface area contributed by atoms with E-state index in [1.54, 1.807) is 35.3 Å². The van der Waals surface area contributed by atoms with Gasteiger partial charge in [-0.1, -0.05) is 42.2 Å². The molecule has 7 heteroatoms.